The molecule has 0 aromatic rings. The highest BCUT2D eigenvalue weighted by molar-refractivity contribution is 5.72. The molecule has 0 spiro atoms. The predicted octanol–water partition coefficient (Wildman–Crippen LogP) is 2.16. The quantitative estimate of drug-likeness (QED) is 0.729. The van der Waals surface area contributed by atoms with E-state index < -0.39 is 12.0 Å². The second-order valence-corrected chi connectivity index (χ2v) is 4.40. The lowest BCUT2D eigenvalue weighted by Gasteiger charge is -2.39. The van der Waals surface area contributed by atoms with Gasteiger partial charge in [0.05, 0.1) is 0 Å². The number of nitrogens with one attached hydrogen (secondary N) is 1. The predicted molar refractivity (Wildman–Crippen MR) is 56.3 cm³/mol. The monoisotopic (exact) mass is 199 g/mol. The van der Waals surface area contributed by atoms with Gasteiger partial charge >= 0.3 is 5.97 Å². The fraction of sp³-hybridized carbons (Fsp3) is 0.909. The van der Waals surface area contributed by atoms with Gasteiger partial charge in [-0.1, -0.05) is 26.2 Å². The van der Waals surface area contributed by atoms with Crippen LogP contribution in [0.25, 0.3) is 0 Å². The van der Waals surface area contributed by atoms with Gasteiger partial charge in [-0.05, 0) is 26.2 Å². The van der Waals surface area contributed by atoms with Crippen LogP contribution >= 0.6 is 0 Å². The highest BCUT2D eigenvalue weighted by Crippen LogP contribution is 2.31. The first-order chi connectivity index (χ1) is 6.59. The van der Waals surface area contributed by atoms with Gasteiger partial charge in [-0.15, -0.1) is 0 Å². The van der Waals surface area contributed by atoms with Crippen molar-refractivity contribution in [1.82, 2.24) is 5.32 Å². The van der Waals surface area contributed by atoms with E-state index in [2.05, 4.69) is 12.2 Å². The van der Waals surface area contributed by atoms with Crippen molar-refractivity contribution in [2.75, 3.05) is 0 Å². The molecule has 0 amide bonds. The van der Waals surface area contributed by atoms with Gasteiger partial charge in [0.15, 0.2) is 0 Å². The maximum absolute atomic E-state index is 10.8. The van der Waals surface area contributed by atoms with Crippen LogP contribution in [0.5, 0.6) is 0 Å². The molecule has 0 aromatic heterocycles. The van der Waals surface area contributed by atoms with E-state index in [0.29, 0.717) is 0 Å². The number of rotatable bonds is 4. The Morgan fingerprint density at radius 2 is 2.00 bits per heavy atom. The van der Waals surface area contributed by atoms with Crippen molar-refractivity contribution in [2.45, 2.75) is 64.0 Å². The maximum Gasteiger partial charge on any atom is 0.320 e. The van der Waals surface area contributed by atoms with Gasteiger partial charge in [-0.3, -0.25) is 10.1 Å². The fourth-order valence-electron chi connectivity index (χ4n) is 2.35. The third-order valence-electron chi connectivity index (χ3n) is 3.38. The Morgan fingerprint density at radius 1 is 1.43 bits per heavy atom. The van der Waals surface area contributed by atoms with Crippen LogP contribution in [-0.4, -0.2) is 22.7 Å². The molecule has 1 aliphatic rings. The van der Waals surface area contributed by atoms with E-state index in [9.17, 15) is 4.79 Å². The second-order valence-electron chi connectivity index (χ2n) is 4.40. The summed E-state index contributed by atoms with van der Waals surface area (Å²) in [6.45, 7) is 3.88. The fourth-order valence-corrected chi connectivity index (χ4v) is 2.35. The summed E-state index contributed by atoms with van der Waals surface area (Å²) in [7, 11) is 0. The van der Waals surface area contributed by atoms with Gasteiger partial charge in [0.25, 0.3) is 0 Å². The highest BCUT2D eigenvalue weighted by Gasteiger charge is 2.32. The van der Waals surface area contributed by atoms with Crippen LogP contribution in [-0.2, 0) is 4.79 Å². The largest absolute Gasteiger partial charge is 0.480 e. The van der Waals surface area contributed by atoms with Crippen molar-refractivity contribution in [2.24, 2.45) is 0 Å². The zero-order chi connectivity index (χ0) is 10.6. The Hall–Kier alpha value is -0.570. The van der Waals surface area contributed by atoms with Gasteiger partial charge in [0.2, 0.25) is 0 Å². The minimum Gasteiger partial charge on any atom is -0.480 e. The number of carboxylic acid groups (broad SMARTS) is 1. The lowest BCUT2D eigenvalue weighted by atomic mass is 9.79. The van der Waals surface area contributed by atoms with Crippen molar-refractivity contribution in [3.8, 4) is 0 Å². The Bertz CT molecular complexity index is 197. The molecule has 1 saturated carbocycles. The Labute approximate surface area is 85.9 Å². The van der Waals surface area contributed by atoms with Crippen molar-refractivity contribution >= 4 is 5.97 Å². The molecule has 1 aliphatic carbocycles. The third-order valence-corrected chi connectivity index (χ3v) is 3.38. The van der Waals surface area contributed by atoms with Crippen LogP contribution in [0.15, 0.2) is 0 Å². The Morgan fingerprint density at radius 3 is 2.43 bits per heavy atom. The lowest BCUT2D eigenvalue weighted by Crippen LogP contribution is -2.52. The summed E-state index contributed by atoms with van der Waals surface area (Å²) in [5.74, 6) is -0.747. The molecule has 3 heteroatoms. The molecule has 0 aromatic carbocycles. The van der Waals surface area contributed by atoms with Crippen molar-refractivity contribution < 1.29 is 9.90 Å². The zero-order valence-corrected chi connectivity index (χ0v) is 9.18. The molecule has 3 nitrogen and oxygen atoms in total. The maximum atomic E-state index is 10.8. The van der Waals surface area contributed by atoms with Crippen LogP contribution in [0.3, 0.4) is 0 Å². The third kappa shape index (κ3) is 2.71. The summed E-state index contributed by atoms with van der Waals surface area (Å²) in [5.41, 5.74) is 0.0933. The normalized spacial score (nSPS) is 23.0. The van der Waals surface area contributed by atoms with E-state index >= 15 is 0 Å². The highest BCUT2D eigenvalue weighted by atomic mass is 16.4. The van der Waals surface area contributed by atoms with E-state index in [1.54, 1.807) is 6.92 Å². The molecular formula is C11H21NO2. The molecule has 0 aliphatic heterocycles. The van der Waals surface area contributed by atoms with Crippen LogP contribution in [0, 0.1) is 0 Å². The standard InChI is InChI=1S/C11H21NO2/c1-3-11(7-5-4-6-8-11)12-9(2)10(13)14/h9,12H,3-8H2,1-2H3,(H,13,14)/t9-/m0/s1. The molecular weight excluding hydrogens is 178 g/mol. The van der Waals surface area contributed by atoms with Crippen LogP contribution in [0.1, 0.15) is 52.4 Å². The summed E-state index contributed by atoms with van der Waals surface area (Å²) < 4.78 is 0. The van der Waals surface area contributed by atoms with Gasteiger partial charge in [0.1, 0.15) is 6.04 Å². The van der Waals surface area contributed by atoms with Crippen molar-refractivity contribution in [3.05, 3.63) is 0 Å². The first-order valence-corrected chi connectivity index (χ1v) is 5.60. The SMILES string of the molecule is CCC1(N[C@@H](C)C(=O)O)CCCCC1. The zero-order valence-electron chi connectivity index (χ0n) is 9.18. The molecule has 0 radical (unpaired) electrons. The van der Waals surface area contributed by atoms with E-state index in [1.165, 1.54) is 19.3 Å². The van der Waals surface area contributed by atoms with E-state index in [-0.39, 0.29) is 5.54 Å². The molecule has 82 valence electrons. The van der Waals surface area contributed by atoms with E-state index in [4.69, 9.17) is 5.11 Å². The second kappa shape index (κ2) is 4.78. The molecule has 0 bridgehead atoms. The van der Waals surface area contributed by atoms with Gasteiger partial charge in [-0.2, -0.15) is 0 Å². The number of hydrogen-bond donors (Lipinski definition) is 2. The number of hydrogen-bond acceptors (Lipinski definition) is 2. The number of aliphatic carboxylic acids is 1. The summed E-state index contributed by atoms with van der Waals surface area (Å²) in [6, 6.07) is -0.423. The molecule has 1 rings (SSSR count). The van der Waals surface area contributed by atoms with E-state index in [1.807, 2.05) is 0 Å². The average molecular weight is 199 g/mol. The van der Waals surface area contributed by atoms with Gasteiger partial charge in [-0.25, -0.2) is 0 Å². The summed E-state index contributed by atoms with van der Waals surface area (Å²) >= 11 is 0. The molecule has 0 unspecified atom stereocenters. The van der Waals surface area contributed by atoms with Crippen molar-refractivity contribution in [1.29, 1.82) is 0 Å². The minimum absolute atomic E-state index is 0.0933. The van der Waals surface area contributed by atoms with Crippen LogP contribution in [0.4, 0.5) is 0 Å². The van der Waals surface area contributed by atoms with Gasteiger partial charge in [0, 0.05) is 5.54 Å². The Balaban J connectivity index is 2.55. The van der Waals surface area contributed by atoms with Crippen LogP contribution in [0.2, 0.25) is 0 Å². The van der Waals surface area contributed by atoms with Crippen molar-refractivity contribution in [3.63, 3.8) is 0 Å². The minimum atomic E-state index is -0.747. The first-order valence-electron chi connectivity index (χ1n) is 5.60. The molecule has 1 fully saturated rings. The molecule has 0 heterocycles. The summed E-state index contributed by atoms with van der Waals surface area (Å²) in [4.78, 5) is 10.8. The number of carbonyl (C=O) groups is 1. The number of carboxylic acids is 1. The lowest BCUT2D eigenvalue weighted by molar-refractivity contribution is -0.139. The molecule has 0 saturated heterocycles. The smallest absolute Gasteiger partial charge is 0.320 e. The Kier molecular flexibility index (Phi) is 3.93. The van der Waals surface area contributed by atoms with E-state index in [0.717, 1.165) is 19.3 Å². The average Bonchev–Trinajstić information content (AvgIpc) is 2.19. The topological polar surface area (TPSA) is 49.3 Å². The first kappa shape index (κ1) is 11.5. The molecule has 2 N–H and O–H groups in total. The summed E-state index contributed by atoms with van der Waals surface area (Å²) in [5, 5.41) is 12.1. The summed E-state index contributed by atoms with van der Waals surface area (Å²) in [6.07, 6.45) is 7.04. The molecule has 1 atom stereocenters. The van der Waals surface area contributed by atoms with Crippen LogP contribution < -0.4 is 5.32 Å². The molecule has 14 heavy (non-hydrogen) atoms. The van der Waals surface area contributed by atoms with Gasteiger partial charge < -0.3 is 5.11 Å².